The number of nitrogens with zero attached hydrogens (tertiary/aromatic N) is 3. The third-order valence-electron chi connectivity index (χ3n) is 6.73. The van der Waals surface area contributed by atoms with E-state index in [0.717, 1.165) is 37.0 Å². The third-order valence-corrected chi connectivity index (χ3v) is 7.56. The van der Waals surface area contributed by atoms with Gasteiger partial charge in [-0.05, 0) is 51.0 Å². The number of aryl methyl sites for hydroxylation is 1. The van der Waals surface area contributed by atoms with Crippen LogP contribution >= 0.6 is 11.3 Å². The second-order valence-corrected chi connectivity index (χ2v) is 9.90. The lowest BCUT2D eigenvalue weighted by molar-refractivity contribution is -0.123. The van der Waals surface area contributed by atoms with Crippen LogP contribution in [0.3, 0.4) is 0 Å². The van der Waals surface area contributed by atoms with Crippen LogP contribution in [0.4, 0.5) is 0 Å². The third kappa shape index (κ3) is 5.80. The van der Waals surface area contributed by atoms with Gasteiger partial charge in [-0.3, -0.25) is 19.4 Å². The molecule has 3 saturated heterocycles. The van der Waals surface area contributed by atoms with Crippen LogP contribution in [0.5, 0.6) is 0 Å². The first-order valence-corrected chi connectivity index (χ1v) is 12.2. The van der Waals surface area contributed by atoms with Crippen molar-refractivity contribution in [3.8, 4) is 0 Å². The van der Waals surface area contributed by atoms with Crippen LogP contribution < -0.4 is 5.32 Å². The van der Waals surface area contributed by atoms with E-state index in [4.69, 9.17) is 9.90 Å². The first-order valence-electron chi connectivity index (χ1n) is 11.3. The second kappa shape index (κ2) is 11.2. The monoisotopic (exact) mass is 436 g/mol. The van der Waals surface area contributed by atoms with E-state index in [9.17, 15) is 4.79 Å². The van der Waals surface area contributed by atoms with E-state index in [1.807, 2.05) is 0 Å². The van der Waals surface area contributed by atoms with Crippen molar-refractivity contribution in [1.82, 2.24) is 20.1 Å². The summed E-state index contributed by atoms with van der Waals surface area (Å²) in [5, 5.41) is 13.5. The molecule has 1 amide bonds. The van der Waals surface area contributed by atoms with Crippen molar-refractivity contribution in [3.63, 3.8) is 0 Å². The molecule has 3 aliphatic rings. The van der Waals surface area contributed by atoms with E-state index in [-0.39, 0.29) is 12.4 Å². The van der Waals surface area contributed by atoms with E-state index >= 15 is 0 Å². The fourth-order valence-electron chi connectivity index (χ4n) is 5.66. The SMILES string of the molecule is CCCC(=O)NC[C@H]1[C@H]2C[C@H](CN(Cc3csc(C)n3)C2)[C@@H]2CCCCN21.O=CO. The number of carbonyl (C=O) groups is 2. The van der Waals surface area contributed by atoms with Gasteiger partial charge in [0.15, 0.2) is 0 Å². The minimum Gasteiger partial charge on any atom is -0.483 e. The van der Waals surface area contributed by atoms with Gasteiger partial charge in [-0.2, -0.15) is 0 Å². The number of nitrogens with one attached hydrogen (secondary N) is 1. The molecule has 30 heavy (non-hydrogen) atoms. The highest BCUT2D eigenvalue weighted by Gasteiger charge is 2.47. The molecule has 3 aliphatic heterocycles. The van der Waals surface area contributed by atoms with Crippen LogP contribution in [-0.4, -0.2) is 70.5 Å². The number of aromatic nitrogens is 1. The summed E-state index contributed by atoms with van der Waals surface area (Å²) >= 11 is 1.76. The molecule has 0 saturated carbocycles. The van der Waals surface area contributed by atoms with E-state index in [1.54, 1.807) is 11.3 Å². The van der Waals surface area contributed by atoms with E-state index in [2.05, 4.69) is 39.3 Å². The maximum Gasteiger partial charge on any atom is 0.290 e. The lowest BCUT2D eigenvalue weighted by atomic mass is 9.72. The molecule has 4 heterocycles. The number of amides is 1. The average molecular weight is 437 g/mol. The van der Waals surface area contributed by atoms with Gasteiger partial charge in [0.1, 0.15) is 0 Å². The Morgan fingerprint density at radius 1 is 1.37 bits per heavy atom. The molecule has 0 aliphatic carbocycles. The molecule has 2 N–H and O–H groups in total. The fraction of sp³-hybridized carbons (Fsp3) is 0.773. The number of rotatable bonds is 6. The highest BCUT2D eigenvalue weighted by atomic mass is 32.1. The summed E-state index contributed by atoms with van der Waals surface area (Å²) in [7, 11) is 0. The Morgan fingerprint density at radius 3 is 2.83 bits per heavy atom. The first-order chi connectivity index (χ1) is 14.5. The predicted octanol–water partition coefficient (Wildman–Crippen LogP) is 2.74. The minimum absolute atomic E-state index is 0.221. The predicted molar refractivity (Wildman–Crippen MR) is 118 cm³/mol. The van der Waals surface area contributed by atoms with Crippen molar-refractivity contribution in [1.29, 1.82) is 0 Å². The quantitative estimate of drug-likeness (QED) is 0.667. The molecular weight excluding hydrogens is 400 g/mol. The molecule has 2 bridgehead atoms. The number of carboxylic acid groups (broad SMARTS) is 1. The fourth-order valence-corrected chi connectivity index (χ4v) is 6.26. The zero-order chi connectivity index (χ0) is 21.5. The summed E-state index contributed by atoms with van der Waals surface area (Å²) in [4.78, 5) is 30.5. The summed E-state index contributed by atoms with van der Waals surface area (Å²) < 4.78 is 0. The first kappa shape index (κ1) is 23.2. The smallest absolute Gasteiger partial charge is 0.290 e. The van der Waals surface area contributed by atoms with Crippen LogP contribution in [0.15, 0.2) is 5.38 Å². The van der Waals surface area contributed by atoms with E-state index in [1.165, 1.54) is 44.5 Å². The Balaban J connectivity index is 0.000000806. The van der Waals surface area contributed by atoms with Crippen LogP contribution in [0, 0.1) is 18.8 Å². The van der Waals surface area contributed by atoms with Gasteiger partial charge >= 0.3 is 0 Å². The zero-order valence-electron chi connectivity index (χ0n) is 18.3. The summed E-state index contributed by atoms with van der Waals surface area (Å²) in [6, 6.07) is 1.22. The Morgan fingerprint density at radius 2 is 2.13 bits per heavy atom. The van der Waals surface area contributed by atoms with Gasteiger partial charge in [0, 0.05) is 50.1 Å². The molecular formula is C22H36N4O3S. The molecule has 0 unspecified atom stereocenters. The Kier molecular flexibility index (Phi) is 8.65. The summed E-state index contributed by atoms with van der Waals surface area (Å²) in [5.41, 5.74) is 1.23. The number of likely N-dealkylation sites (tertiary alicyclic amines) is 1. The van der Waals surface area contributed by atoms with Crippen molar-refractivity contribution in [3.05, 3.63) is 16.1 Å². The number of hydrogen-bond acceptors (Lipinski definition) is 6. The van der Waals surface area contributed by atoms with Gasteiger partial charge in [0.05, 0.1) is 10.7 Å². The second-order valence-electron chi connectivity index (χ2n) is 8.84. The highest BCUT2D eigenvalue weighted by molar-refractivity contribution is 7.09. The Labute approximate surface area is 183 Å². The van der Waals surface area contributed by atoms with Crippen molar-refractivity contribution >= 4 is 23.7 Å². The molecule has 0 spiro atoms. The zero-order valence-corrected chi connectivity index (χ0v) is 19.1. The lowest BCUT2D eigenvalue weighted by Crippen LogP contribution is -2.65. The minimum atomic E-state index is -0.250. The number of thiazole rings is 1. The van der Waals surface area contributed by atoms with Crippen molar-refractivity contribution in [2.75, 3.05) is 26.2 Å². The van der Waals surface area contributed by atoms with Gasteiger partial charge in [0.25, 0.3) is 6.47 Å². The number of hydrogen-bond donors (Lipinski definition) is 2. The van der Waals surface area contributed by atoms with Crippen LogP contribution in [0.25, 0.3) is 0 Å². The van der Waals surface area contributed by atoms with Gasteiger partial charge in [-0.25, -0.2) is 4.98 Å². The Bertz CT molecular complexity index is 698. The van der Waals surface area contributed by atoms with E-state index < -0.39 is 0 Å². The topological polar surface area (TPSA) is 85.8 Å². The highest BCUT2D eigenvalue weighted by Crippen LogP contribution is 2.41. The normalized spacial score (nSPS) is 28.7. The summed E-state index contributed by atoms with van der Waals surface area (Å²) in [5.74, 6) is 1.67. The Hall–Kier alpha value is -1.51. The van der Waals surface area contributed by atoms with Gasteiger partial charge in [0.2, 0.25) is 5.91 Å². The molecule has 8 heteroatoms. The molecule has 1 aromatic heterocycles. The lowest BCUT2D eigenvalue weighted by Gasteiger charge is -2.56. The number of piperidine rings is 3. The van der Waals surface area contributed by atoms with Crippen LogP contribution in [0.2, 0.25) is 0 Å². The molecule has 1 aromatic rings. The van der Waals surface area contributed by atoms with Crippen molar-refractivity contribution in [2.45, 2.75) is 71.0 Å². The molecule has 7 nitrogen and oxygen atoms in total. The summed E-state index contributed by atoms with van der Waals surface area (Å²) in [6.45, 7) is 9.30. The maximum atomic E-state index is 12.1. The maximum absolute atomic E-state index is 12.1. The largest absolute Gasteiger partial charge is 0.483 e. The molecule has 0 radical (unpaired) electrons. The molecule has 4 atom stereocenters. The van der Waals surface area contributed by atoms with E-state index in [0.29, 0.717) is 24.4 Å². The molecule has 4 rings (SSSR count). The van der Waals surface area contributed by atoms with Crippen molar-refractivity contribution in [2.24, 2.45) is 11.8 Å². The molecule has 0 aromatic carbocycles. The van der Waals surface area contributed by atoms with Gasteiger partial charge < -0.3 is 10.4 Å². The van der Waals surface area contributed by atoms with Crippen molar-refractivity contribution < 1.29 is 14.7 Å². The number of carbonyl (C=O) groups excluding carboxylic acids is 1. The number of fused-ring (bicyclic) bond motifs is 4. The molecule has 3 fully saturated rings. The standard InChI is InChI=1S/C21H34N4OS.CH2O2/c1-3-6-21(26)22-10-20-17-9-16(19-7-4-5-8-25(19)20)11-24(12-17)13-18-14-27-15(2)23-18;2-1-3/h14,16-17,19-20H,3-13H2,1-2H3,(H,22,26);1H,(H,2,3)/t16-,17+,19+,20+;/m1./s1. The summed E-state index contributed by atoms with van der Waals surface area (Å²) in [6.07, 6.45) is 6.93. The van der Waals surface area contributed by atoms with Gasteiger partial charge in [-0.15, -0.1) is 11.3 Å². The molecule has 168 valence electrons. The van der Waals surface area contributed by atoms with Crippen LogP contribution in [-0.2, 0) is 16.1 Å². The van der Waals surface area contributed by atoms with Crippen LogP contribution in [0.1, 0.15) is 56.2 Å². The average Bonchev–Trinajstić information content (AvgIpc) is 3.13. The van der Waals surface area contributed by atoms with Gasteiger partial charge in [-0.1, -0.05) is 13.3 Å².